The molecule has 1 fully saturated rings. The van der Waals surface area contributed by atoms with Crippen molar-refractivity contribution in [3.8, 4) is 17.6 Å². The van der Waals surface area contributed by atoms with Crippen LogP contribution >= 0.6 is 0 Å². The maximum atomic E-state index is 13.1. The number of hydrogen-bond donors (Lipinski definition) is 0. The first-order valence-corrected chi connectivity index (χ1v) is 18.0. The average molecular weight is 684 g/mol. The molecule has 0 aliphatic carbocycles. The Bertz CT molecular complexity index is 1560. The van der Waals surface area contributed by atoms with E-state index < -0.39 is 5.60 Å². The summed E-state index contributed by atoms with van der Waals surface area (Å²) in [5, 5.41) is 9.03. The number of para-hydroxylation sites is 1. The van der Waals surface area contributed by atoms with Crippen LogP contribution in [0.2, 0.25) is 0 Å². The first-order chi connectivity index (χ1) is 24.2. The molecule has 9 heteroatoms. The Balaban J connectivity index is 1.19. The van der Waals surface area contributed by atoms with Crippen molar-refractivity contribution in [1.29, 1.82) is 5.26 Å². The van der Waals surface area contributed by atoms with Gasteiger partial charge in [0.1, 0.15) is 17.1 Å². The fraction of sp³-hybridized carbons (Fsp3) is 0.512. The molecule has 50 heavy (non-hydrogen) atoms. The number of nitriles is 1. The van der Waals surface area contributed by atoms with Gasteiger partial charge >= 0.3 is 6.09 Å². The number of amides is 1. The summed E-state index contributed by atoms with van der Waals surface area (Å²) in [6, 6.07) is 25.1. The van der Waals surface area contributed by atoms with E-state index in [2.05, 4.69) is 41.3 Å². The molecule has 1 saturated heterocycles. The zero-order valence-corrected chi connectivity index (χ0v) is 30.2. The van der Waals surface area contributed by atoms with Crippen LogP contribution in [0.5, 0.6) is 11.5 Å². The molecule has 3 aromatic carbocycles. The highest BCUT2D eigenvalue weighted by molar-refractivity contribution is 5.68. The van der Waals surface area contributed by atoms with E-state index in [1.165, 1.54) is 16.8 Å². The SMILES string of the molecule is COc1ccccc1COCCCOc1ccc([C@H]2CCN(C(=O)OC(C)(C)C)C[C@@H]2OCc2ccc3c(c2)N(CCCC#N)CCC3)cc1. The van der Waals surface area contributed by atoms with Crippen LogP contribution in [-0.4, -0.2) is 69.2 Å². The van der Waals surface area contributed by atoms with E-state index in [9.17, 15) is 4.79 Å². The molecular formula is C41H53N3O6. The van der Waals surface area contributed by atoms with Gasteiger partial charge in [-0.05, 0) is 87.4 Å². The van der Waals surface area contributed by atoms with Gasteiger partial charge in [0, 0.05) is 49.6 Å². The van der Waals surface area contributed by atoms with Gasteiger partial charge in [-0.1, -0.05) is 42.5 Å². The number of anilines is 1. The second kappa shape index (κ2) is 18.1. The summed E-state index contributed by atoms with van der Waals surface area (Å²) in [4.78, 5) is 17.3. The van der Waals surface area contributed by atoms with E-state index in [0.717, 1.165) is 67.8 Å². The van der Waals surface area contributed by atoms with Crippen LogP contribution < -0.4 is 14.4 Å². The third kappa shape index (κ3) is 10.6. The second-order valence-corrected chi connectivity index (χ2v) is 14.1. The lowest BCUT2D eigenvalue weighted by molar-refractivity contribution is -0.0359. The van der Waals surface area contributed by atoms with Crippen molar-refractivity contribution < 1.29 is 28.5 Å². The predicted molar refractivity (Wildman–Crippen MR) is 195 cm³/mol. The first-order valence-electron chi connectivity index (χ1n) is 18.0. The summed E-state index contributed by atoms with van der Waals surface area (Å²) in [6.07, 6.45) is 4.67. The normalized spacial score (nSPS) is 17.5. The largest absolute Gasteiger partial charge is 0.496 e. The second-order valence-electron chi connectivity index (χ2n) is 14.1. The Hall–Kier alpha value is -4.26. The fourth-order valence-electron chi connectivity index (χ4n) is 6.70. The molecule has 2 aliphatic heterocycles. The third-order valence-corrected chi connectivity index (χ3v) is 9.22. The van der Waals surface area contributed by atoms with E-state index in [4.69, 9.17) is 28.9 Å². The number of likely N-dealkylation sites (tertiary alicyclic amines) is 1. The van der Waals surface area contributed by atoms with E-state index in [1.54, 1.807) is 12.0 Å². The summed E-state index contributed by atoms with van der Waals surface area (Å²) >= 11 is 0. The first kappa shape index (κ1) is 37.0. The Kier molecular flexibility index (Phi) is 13.4. The molecule has 5 rings (SSSR count). The van der Waals surface area contributed by atoms with E-state index in [-0.39, 0.29) is 18.1 Å². The Morgan fingerprint density at radius 2 is 1.80 bits per heavy atom. The molecule has 0 N–H and O–H groups in total. The van der Waals surface area contributed by atoms with Crippen LogP contribution in [0, 0.1) is 11.3 Å². The van der Waals surface area contributed by atoms with Crippen LogP contribution in [-0.2, 0) is 33.8 Å². The van der Waals surface area contributed by atoms with Crippen LogP contribution in [0.3, 0.4) is 0 Å². The minimum Gasteiger partial charge on any atom is -0.496 e. The van der Waals surface area contributed by atoms with Crippen molar-refractivity contribution in [3.05, 3.63) is 89.0 Å². The topological polar surface area (TPSA) is 93.5 Å². The van der Waals surface area contributed by atoms with Crippen molar-refractivity contribution in [2.75, 3.05) is 51.4 Å². The van der Waals surface area contributed by atoms with Crippen LogP contribution in [0.1, 0.15) is 81.0 Å². The lowest BCUT2D eigenvalue weighted by atomic mass is 9.87. The van der Waals surface area contributed by atoms with Gasteiger partial charge < -0.3 is 33.5 Å². The summed E-state index contributed by atoms with van der Waals surface area (Å²) in [6.45, 7) is 10.7. The van der Waals surface area contributed by atoms with Crippen LogP contribution in [0.4, 0.5) is 10.5 Å². The average Bonchev–Trinajstić information content (AvgIpc) is 3.12. The number of hydrogen-bond acceptors (Lipinski definition) is 8. The number of fused-ring (bicyclic) bond motifs is 1. The summed E-state index contributed by atoms with van der Waals surface area (Å²) in [7, 11) is 1.67. The number of rotatable bonds is 15. The highest BCUT2D eigenvalue weighted by Crippen LogP contribution is 2.34. The van der Waals surface area contributed by atoms with E-state index in [0.29, 0.717) is 45.9 Å². The molecule has 2 heterocycles. The molecule has 3 aromatic rings. The molecule has 0 spiro atoms. The number of carbonyl (C=O) groups excluding carboxylic acids is 1. The molecule has 0 aromatic heterocycles. The summed E-state index contributed by atoms with van der Waals surface area (Å²) < 4.78 is 29.7. The molecular weight excluding hydrogens is 630 g/mol. The molecule has 2 aliphatic rings. The van der Waals surface area contributed by atoms with Gasteiger partial charge in [-0.25, -0.2) is 4.79 Å². The Labute approximate surface area is 298 Å². The van der Waals surface area contributed by atoms with Crippen LogP contribution in [0.25, 0.3) is 0 Å². The molecule has 0 unspecified atom stereocenters. The van der Waals surface area contributed by atoms with Crippen molar-refractivity contribution in [3.63, 3.8) is 0 Å². The summed E-state index contributed by atoms with van der Waals surface area (Å²) in [5.74, 6) is 1.77. The monoisotopic (exact) mass is 683 g/mol. The standard InChI is InChI=1S/C41H53N3O6/c1-41(2,3)50-40(45)44-24-20-36(32-16-18-35(19-17-32)48-26-10-25-47-30-34-11-5-6-13-38(34)46-4)39(28-44)49-29-31-14-15-33-12-9-23-43(37(33)27-31)22-8-7-21-42/h5-6,11,13-19,27,36,39H,7-10,12,20,22-26,28-30H2,1-4H3/t36-,39+/m1/s1. The van der Waals surface area contributed by atoms with Crippen molar-refractivity contribution in [1.82, 2.24) is 4.90 Å². The van der Waals surface area contributed by atoms with Gasteiger partial charge in [-0.15, -0.1) is 0 Å². The smallest absolute Gasteiger partial charge is 0.410 e. The van der Waals surface area contributed by atoms with Gasteiger partial charge in [-0.3, -0.25) is 0 Å². The minimum absolute atomic E-state index is 0.117. The molecule has 0 radical (unpaired) electrons. The molecule has 268 valence electrons. The Morgan fingerprint density at radius 3 is 2.58 bits per heavy atom. The van der Waals surface area contributed by atoms with Gasteiger partial charge in [-0.2, -0.15) is 5.26 Å². The summed E-state index contributed by atoms with van der Waals surface area (Å²) in [5.41, 5.74) is 5.35. The maximum absolute atomic E-state index is 13.1. The molecule has 2 atom stereocenters. The van der Waals surface area contributed by atoms with Gasteiger partial charge in [0.2, 0.25) is 0 Å². The van der Waals surface area contributed by atoms with Crippen LogP contribution in [0.15, 0.2) is 66.7 Å². The number of benzene rings is 3. The Morgan fingerprint density at radius 1 is 0.980 bits per heavy atom. The van der Waals surface area contributed by atoms with Gasteiger partial charge in [0.25, 0.3) is 0 Å². The number of carbonyl (C=O) groups is 1. The van der Waals surface area contributed by atoms with Crippen molar-refractivity contribution >= 4 is 11.8 Å². The number of piperidine rings is 1. The maximum Gasteiger partial charge on any atom is 0.410 e. The zero-order valence-electron chi connectivity index (χ0n) is 30.2. The third-order valence-electron chi connectivity index (χ3n) is 9.22. The fourth-order valence-corrected chi connectivity index (χ4v) is 6.70. The lowest BCUT2D eigenvalue weighted by Crippen LogP contribution is -2.48. The molecule has 0 saturated carbocycles. The predicted octanol–water partition coefficient (Wildman–Crippen LogP) is 8.05. The van der Waals surface area contributed by atoms with Crippen molar-refractivity contribution in [2.45, 2.75) is 90.1 Å². The van der Waals surface area contributed by atoms with Crippen molar-refractivity contribution in [2.24, 2.45) is 0 Å². The van der Waals surface area contributed by atoms with Gasteiger partial charge in [0.05, 0.1) is 52.3 Å². The highest BCUT2D eigenvalue weighted by atomic mass is 16.6. The highest BCUT2D eigenvalue weighted by Gasteiger charge is 2.35. The number of ether oxygens (including phenoxy) is 5. The van der Waals surface area contributed by atoms with Gasteiger partial charge in [0.15, 0.2) is 0 Å². The molecule has 9 nitrogen and oxygen atoms in total. The molecule has 0 bridgehead atoms. The zero-order chi connectivity index (χ0) is 35.3. The minimum atomic E-state index is -0.566. The molecule has 1 amide bonds. The quantitative estimate of drug-likeness (QED) is 0.149. The number of aryl methyl sites for hydroxylation is 1. The van der Waals surface area contributed by atoms with E-state index in [1.807, 2.05) is 57.2 Å². The van der Waals surface area contributed by atoms with E-state index >= 15 is 0 Å². The number of methoxy groups -OCH3 is 1. The lowest BCUT2D eigenvalue weighted by Gasteiger charge is -2.39. The number of unbranched alkanes of at least 4 members (excludes halogenated alkanes) is 1. The number of nitrogens with zero attached hydrogens (tertiary/aromatic N) is 3.